The highest BCUT2D eigenvalue weighted by atomic mass is 16.1. The first-order valence-corrected chi connectivity index (χ1v) is 6.65. The largest absolute Gasteiger partial charge is 0.341 e. The van der Waals surface area contributed by atoms with E-state index in [4.69, 9.17) is 0 Å². The summed E-state index contributed by atoms with van der Waals surface area (Å²) in [6.07, 6.45) is 0.958. The van der Waals surface area contributed by atoms with Gasteiger partial charge in [0.2, 0.25) is 0 Å². The van der Waals surface area contributed by atoms with E-state index in [9.17, 15) is 4.79 Å². The van der Waals surface area contributed by atoms with Crippen LogP contribution < -0.4 is 0 Å². The van der Waals surface area contributed by atoms with Crippen LogP contribution in [-0.2, 0) is 6.54 Å². The fourth-order valence-electron chi connectivity index (χ4n) is 3.10. The van der Waals surface area contributed by atoms with Crippen LogP contribution >= 0.6 is 0 Å². The van der Waals surface area contributed by atoms with Gasteiger partial charge < -0.3 is 4.57 Å². The summed E-state index contributed by atoms with van der Waals surface area (Å²) in [6.45, 7) is 7.22. The molecule has 3 rings (SSSR count). The number of para-hydroxylation sites is 1. The van der Waals surface area contributed by atoms with E-state index in [0.717, 1.165) is 24.0 Å². The molecule has 0 atom stereocenters. The normalized spacial score (nSPS) is 11.3. The number of hydrogen-bond acceptors (Lipinski definition) is 1. The van der Waals surface area contributed by atoms with Gasteiger partial charge in [-0.1, -0.05) is 18.2 Å². The highest BCUT2D eigenvalue weighted by Gasteiger charge is 2.15. The van der Waals surface area contributed by atoms with Gasteiger partial charge in [0.25, 0.3) is 0 Å². The van der Waals surface area contributed by atoms with Crippen LogP contribution in [0.2, 0.25) is 0 Å². The first kappa shape index (κ1) is 12.0. The Morgan fingerprint density at radius 3 is 2.63 bits per heavy atom. The summed E-state index contributed by atoms with van der Waals surface area (Å²) in [5.41, 5.74) is 5.55. The molecule has 0 fully saturated rings. The average Bonchev–Trinajstić information content (AvgIpc) is 2.77. The first-order chi connectivity index (χ1) is 9.19. The zero-order valence-corrected chi connectivity index (χ0v) is 11.5. The summed E-state index contributed by atoms with van der Waals surface area (Å²) in [5.74, 6) is 0. The lowest BCUT2D eigenvalue weighted by molar-refractivity contribution is 0.112. The van der Waals surface area contributed by atoms with E-state index in [1.54, 1.807) is 0 Å². The summed E-state index contributed by atoms with van der Waals surface area (Å²) in [4.78, 5) is 11.2. The molecule has 0 aliphatic carbocycles. The van der Waals surface area contributed by atoms with Crippen LogP contribution in [0.3, 0.4) is 0 Å². The van der Waals surface area contributed by atoms with E-state index in [1.165, 1.54) is 27.4 Å². The smallest absolute Gasteiger partial charge is 0.150 e. The fraction of sp³-hybridized carbons (Fsp3) is 0.235. The highest BCUT2D eigenvalue weighted by Crippen LogP contribution is 2.34. The van der Waals surface area contributed by atoms with E-state index < -0.39 is 0 Å². The van der Waals surface area contributed by atoms with E-state index in [-0.39, 0.29) is 0 Å². The third-order valence-electron chi connectivity index (χ3n) is 3.97. The van der Waals surface area contributed by atoms with Crippen molar-refractivity contribution in [2.45, 2.75) is 27.3 Å². The molecule has 0 amide bonds. The Morgan fingerprint density at radius 2 is 1.95 bits per heavy atom. The van der Waals surface area contributed by atoms with Crippen LogP contribution in [0, 0.1) is 13.8 Å². The Kier molecular flexibility index (Phi) is 2.67. The lowest BCUT2D eigenvalue weighted by atomic mass is 9.99. The lowest BCUT2D eigenvalue weighted by Crippen LogP contribution is -1.97. The number of benzene rings is 2. The van der Waals surface area contributed by atoms with Crippen molar-refractivity contribution in [2.75, 3.05) is 0 Å². The number of nitrogens with zero attached hydrogens (tertiary/aromatic N) is 1. The SMILES string of the molecule is CCn1c2ccccc2c2c(C)c(C=O)cc(C)c21. The third-order valence-corrected chi connectivity index (χ3v) is 3.97. The quantitative estimate of drug-likeness (QED) is 0.624. The van der Waals surface area contributed by atoms with Crippen molar-refractivity contribution < 1.29 is 4.79 Å². The first-order valence-electron chi connectivity index (χ1n) is 6.65. The van der Waals surface area contributed by atoms with Gasteiger partial charge in [0.05, 0.1) is 5.52 Å². The van der Waals surface area contributed by atoms with Gasteiger partial charge in [-0.3, -0.25) is 4.79 Å². The summed E-state index contributed by atoms with van der Waals surface area (Å²) in [7, 11) is 0. The molecule has 2 aromatic carbocycles. The summed E-state index contributed by atoms with van der Waals surface area (Å²) >= 11 is 0. The minimum atomic E-state index is 0.795. The van der Waals surface area contributed by atoms with Crippen molar-refractivity contribution in [1.82, 2.24) is 4.57 Å². The molecule has 2 heteroatoms. The predicted octanol–water partition coefficient (Wildman–Crippen LogP) is 4.24. The maximum atomic E-state index is 11.2. The molecule has 0 N–H and O–H groups in total. The third kappa shape index (κ3) is 1.53. The maximum Gasteiger partial charge on any atom is 0.150 e. The molecule has 0 spiro atoms. The van der Waals surface area contributed by atoms with Gasteiger partial charge in [-0.05, 0) is 44.0 Å². The van der Waals surface area contributed by atoms with Crippen molar-refractivity contribution in [2.24, 2.45) is 0 Å². The number of carbonyl (C=O) groups excluding carboxylic acids is 1. The Labute approximate surface area is 112 Å². The van der Waals surface area contributed by atoms with Crippen LogP contribution in [0.4, 0.5) is 0 Å². The van der Waals surface area contributed by atoms with E-state index in [0.29, 0.717) is 0 Å². The Morgan fingerprint density at radius 1 is 1.21 bits per heavy atom. The minimum absolute atomic E-state index is 0.795. The molecule has 1 heterocycles. The number of hydrogen-bond donors (Lipinski definition) is 0. The molecule has 3 aromatic rings. The second-order valence-electron chi connectivity index (χ2n) is 5.01. The number of aryl methyl sites for hydroxylation is 3. The van der Waals surface area contributed by atoms with Crippen LogP contribution in [0.1, 0.15) is 28.4 Å². The Bertz CT molecular complexity index is 796. The summed E-state index contributed by atoms with van der Waals surface area (Å²) in [5, 5.41) is 2.46. The zero-order valence-electron chi connectivity index (χ0n) is 11.5. The van der Waals surface area contributed by atoms with Gasteiger partial charge in [-0.15, -0.1) is 0 Å². The molecule has 0 saturated heterocycles. The van der Waals surface area contributed by atoms with Crippen molar-refractivity contribution >= 4 is 28.1 Å². The molecule has 96 valence electrons. The number of aromatic nitrogens is 1. The topological polar surface area (TPSA) is 22.0 Å². The minimum Gasteiger partial charge on any atom is -0.341 e. The predicted molar refractivity (Wildman–Crippen MR) is 80.0 cm³/mol. The van der Waals surface area contributed by atoms with Crippen LogP contribution in [0.25, 0.3) is 21.8 Å². The van der Waals surface area contributed by atoms with Crippen molar-refractivity contribution in [3.05, 3.63) is 47.0 Å². The Balaban J connectivity index is 2.66. The fourth-order valence-corrected chi connectivity index (χ4v) is 3.10. The van der Waals surface area contributed by atoms with Gasteiger partial charge in [-0.25, -0.2) is 0 Å². The van der Waals surface area contributed by atoms with Gasteiger partial charge in [-0.2, -0.15) is 0 Å². The molecule has 1 aromatic heterocycles. The van der Waals surface area contributed by atoms with Crippen molar-refractivity contribution in [1.29, 1.82) is 0 Å². The number of rotatable bonds is 2. The number of aldehydes is 1. The van der Waals surface area contributed by atoms with Gasteiger partial charge in [0.1, 0.15) is 6.29 Å². The lowest BCUT2D eigenvalue weighted by Gasteiger charge is -2.08. The summed E-state index contributed by atoms with van der Waals surface area (Å²) in [6, 6.07) is 10.4. The van der Waals surface area contributed by atoms with Crippen molar-refractivity contribution in [3.8, 4) is 0 Å². The molecule has 0 radical (unpaired) electrons. The second kappa shape index (κ2) is 4.23. The highest BCUT2D eigenvalue weighted by molar-refractivity contribution is 6.12. The zero-order chi connectivity index (χ0) is 13.6. The molecule has 2 nitrogen and oxygen atoms in total. The maximum absolute atomic E-state index is 11.2. The molecule has 0 aliphatic rings. The van der Waals surface area contributed by atoms with E-state index in [1.807, 2.05) is 13.0 Å². The molecular weight excluding hydrogens is 234 g/mol. The standard InChI is InChI=1S/C17H17NO/c1-4-18-15-8-6-5-7-14(15)16-12(3)13(10-19)9-11(2)17(16)18/h5-10H,4H2,1-3H3. The van der Waals surface area contributed by atoms with Gasteiger partial charge in [0.15, 0.2) is 0 Å². The summed E-state index contributed by atoms with van der Waals surface area (Å²) < 4.78 is 2.33. The number of carbonyl (C=O) groups is 1. The molecule has 0 saturated carbocycles. The molecule has 19 heavy (non-hydrogen) atoms. The van der Waals surface area contributed by atoms with Gasteiger partial charge >= 0.3 is 0 Å². The van der Waals surface area contributed by atoms with E-state index in [2.05, 4.69) is 42.7 Å². The van der Waals surface area contributed by atoms with Crippen LogP contribution in [0.15, 0.2) is 30.3 Å². The average molecular weight is 251 g/mol. The number of fused-ring (bicyclic) bond motifs is 3. The van der Waals surface area contributed by atoms with E-state index >= 15 is 0 Å². The van der Waals surface area contributed by atoms with Crippen molar-refractivity contribution in [3.63, 3.8) is 0 Å². The Hall–Kier alpha value is -2.09. The molecule has 0 bridgehead atoms. The molecule has 0 unspecified atom stereocenters. The molecular formula is C17H17NO. The van der Waals surface area contributed by atoms with Crippen LogP contribution in [-0.4, -0.2) is 10.9 Å². The molecule has 0 aliphatic heterocycles. The van der Waals surface area contributed by atoms with Crippen LogP contribution in [0.5, 0.6) is 0 Å². The van der Waals surface area contributed by atoms with Gasteiger partial charge in [0, 0.05) is 28.4 Å². The second-order valence-corrected chi connectivity index (χ2v) is 5.01. The monoisotopic (exact) mass is 251 g/mol.